The molecule has 2 rings (SSSR count). The van der Waals surface area contributed by atoms with E-state index in [1.165, 1.54) is 11.1 Å². The highest BCUT2D eigenvalue weighted by molar-refractivity contribution is 5.42. The topological polar surface area (TPSA) is 23.5 Å². The average molecular weight is 251 g/mol. The van der Waals surface area contributed by atoms with Gasteiger partial charge in [0, 0.05) is 13.1 Å². The Labute approximate surface area is 113 Å². The number of fused-ring (bicyclic) bond motifs is 1. The van der Waals surface area contributed by atoms with Gasteiger partial charge < -0.3 is 10.0 Å². The number of benzene rings is 1. The summed E-state index contributed by atoms with van der Waals surface area (Å²) in [5.74, 6) is 0.468. The van der Waals surface area contributed by atoms with Crippen LogP contribution in [0.3, 0.4) is 0 Å². The van der Waals surface area contributed by atoms with E-state index in [1.807, 2.05) is 33.8 Å². The molecule has 0 saturated carbocycles. The Morgan fingerprint density at radius 3 is 2.28 bits per heavy atom. The number of aryl methyl sites for hydroxylation is 1. The van der Waals surface area contributed by atoms with Crippen LogP contribution in [0.1, 0.15) is 51.3 Å². The van der Waals surface area contributed by atoms with Gasteiger partial charge in [-0.15, -0.1) is 0 Å². The lowest BCUT2D eigenvalue weighted by atomic mass is 9.96. The summed E-state index contributed by atoms with van der Waals surface area (Å²) in [5, 5.41) is 9.72. The van der Waals surface area contributed by atoms with Gasteiger partial charge in [-0.3, -0.25) is 0 Å². The van der Waals surface area contributed by atoms with E-state index in [1.54, 1.807) is 0 Å². The van der Waals surface area contributed by atoms with E-state index in [0.29, 0.717) is 5.75 Å². The maximum Gasteiger partial charge on any atom is 0.119 e. The third kappa shape index (κ3) is 4.34. The van der Waals surface area contributed by atoms with Gasteiger partial charge in [-0.25, -0.2) is 0 Å². The zero-order valence-corrected chi connectivity index (χ0v) is 12.9. The maximum absolute atomic E-state index is 9.72. The number of hydrogen-bond acceptors (Lipinski definition) is 2. The van der Waals surface area contributed by atoms with Crippen LogP contribution in [0.5, 0.6) is 5.75 Å². The predicted molar refractivity (Wildman–Crippen MR) is 80.2 cm³/mol. The lowest BCUT2D eigenvalue weighted by Gasteiger charge is -2.25. The van der Waals surface area contributed by atoms with Gasteiger partial charge in [-0.05, 0) is 42.6 Å². The monoisotopic (exact) mass is 251 g/mol. The fraction of sp³-hybridized carbons (Fsp3) is 0.625. The summed E-state index contributed by atoms with van der Waals surface area (Å²) in [6, 6.07) is 4.10. The van der Waals surface area contributed by atoms with E-state index < -0.39 is 0 Å². The molecule has 0 unspecified atom stereocenters. The molecule has 2 heteroatoms. The minimum absolute atomic E-state index is 0.468. The molecule has 0 radical (unpaired) electrons. The average Bonchev–Trinajstić information content (AvgIpc) is 2.43. The molecule has 0 aliphatic carbocycles. The number of hydrogen-bond donors (Lipinski definition) is 1. The van der Waals surface area contributed by atoms with Gasteiger partial charge in [0.2, 0.25) is 0 Å². The second-order valence-corrected chi connectivity index (χ2v) is 4.09. The van der Waals surface area contributed by atoms with Gasteiger partial charge in [-0.2, -0.15) is 0 Å². The summed E-state index contributed by atoms with van der Waals surface area (Å²) >= 11 is 0. The lowest BCUT2D eigenvalue weighted by Crippen LogP contribution is -2.26. The predicted octanol–water partition coefficient (Wildman–Crippen LogP) is 3.99. The van der Waals surface area contributed by atoms with Crippen molar-refractivity contribution in [1.82, 2.24) is 4.90 Å². The van der Waals surface area contributed by atoms with Crippen LogP contribution in [-0.4, -0.2) is 23.6 Å². The molecular formula is C16H29NO. The molecule has 1 aliphatic heterocycles. The SMILES string of the molecule is CC.CC.CCc1cc2c(cc1O)CCN(C)C2. The molecule has 1 aromatic carbocycles. The molecule has 0 bridgehead atoms. The zero-order valence-electron chi connectivity index (χ0n) is 12.9. The van der Waals surface area contributed by atoms with Crippen molar-refractivity contribution in [1.29, 1.82) is 0 Å². The Balaban J connectivity index is 0.000000659. The first kappa shape index (κ1) is 17.0. The Hall–Kier alpha value is -1.02. The summed E-state index contributed by atoms with van der Waals surface area (Å²) in [6.45, 7) is 12.2. The number of nitrogens with zero attached hydrogens (tertiary/aromatic N) is 1. The number of likely N-dealkylation sites (N-methyl/N-ethyl adjacent to an activating group) is 1. The highest BCUT2D eigenvalue weighted by Gasteiger charge is 2.15. The molecule has 104 valence electrons. The first-order valence-electron chi connectivity index (χ1n) is 7.23. The van der Waals surface area contributed by atoms with Crippen LogP contribution in [-0.2, 0) is 19.4 Å². The number of rotatable bonds is 1. The molecule has 1 heterocycles. The highest BCUT2D eigenvalue weighted by Crippen LogP contribution is 2.26. The van der Waals surface area contributed by atoms with E-state index in [2.05, 4.69) is 24.9 Å². The van der Waals surface area contributed by atoms with E-state index >= 15 is 0 Å². The van der Waals surface area contributed by atoms with E-state index in [9.17, 15) is 5.11 Å². The standard InChI is InChI=1S/C12H17NO.2C2H6/c1-3-9-6-11-8-13(2)5-4-10(11)7-12(9)14;2*1-2/h6-7,14H,3-5,8H2,1-2H3;2*1-2H3. The van der Waals surface area contributed by atoms with Crippen molar-refractivity contribution < 1.29 is 5.11 Å². The molecule has 0 aromatic heterocycles. The third-order valence-electron chi connectivity index (χ3n) is 2.98. The normalized spacial score (nSPS) is 13.7. The van der Waals surface area contributed by atoms with Gasteiger partial charge in [0.25, 0.3) is 0 Å². The second-order valence-electron chi connectivity index (χ2n) is 4.09. The van der Waals surface area contributed by atoms with Crippen molar-refractivity contribution in [3.63, 3.8) is 0 Å². The lowest BCUT2D eigenvalue weighted by molar-refractivity contribution is 0.312. The second kappa shape index (κ2) is 8.98. The molecule has 0 atom stereocenters. The van der Waals surface area contributed by atoms with Crippen molar-refractivity contribution >= 4 is 0 Å². The summed E-state index contributed by atoms with van der Waals surface area (Å²) in [4.78, 5) is 2.32. The van der Waals surface area contributed by atoms with Crippen molar-refractivity contribution in [2.45, 2.75) is 54.0 Å². The van der Waals surface area contributed by atoms with Crippen molar-refractivity contribution in [3.8, 4) is 5.75 Å². The smallest absolute Gasteiger partial charge is 0.119 e. The summed E-state index contributed by atoms with van der Waals surface area (Å²) < 4.78 is 0. The van der Waals surface area contributed by atoms with Gasteiger partial charge >= 0.3 is 0 Å². The summed E-state index contributed by atoms with van der Waals surface area (Å²) in [7, 11) is 2.14. The number of aromatic hydroxyl groups is 1. The zero-order chi connectivity index (χ0) is 14.1. The quantitative estimate of drug-likeness (QED) is 0.815. The van der Waals surface area contributed by atoms with E-state index in [4.69, 9.17) is 0 Å². The van der Waals surface area contributed by atoms with Crippen molar-refractivity contribution in [2.75, 3.05) is 13.6 Å². The number of phenolic OH excluding ortho intramolecular Hbond substituents is 1. The molecule has 0 saturated heterocycles. The molecular weight excluding hydrogens is 222 g/mol. The van der Waals surface area contributed by atoms with Crippen LogP contribution in [0.4, 0.5) is 0 Å². The molecule has 0 fully saturated rings. The van der Waals surface area contributed by atoms with Crippen LogP contribution in [0.15, 0.2) is 12.1 Å². The summed E-state index contributed by atoms with van der Waals surface area (Å²) in [6.07, 6.45) is 1.96. The molecule has 1 N–H and O–H groups in total. The maximum atomic E-state index is 9.72. The molecule has 0 spiro atoms. The van der Waals surface area contributed by atoms with Crippen LogP contribution >= 0.6 is 0 Å². The van der Waals surface area contributed by atoms with E-state index in [-0.39, 0.29) is 0 Å². The minimum Gasteiger partial charge on any atom is -0.508 e. The largest absolute Gasteiger partial charge is 0.508 e. The van der Waals surface area contributed by atoms with Gasteiger partial charge in [0.15, 0.2) is 0 Å². The number of phenols is 1. The van der Waals surface area contributed by atoms with Crippen molar-refractivity contribution in [3.05, 3.63) is 28.8 Å². The first-order chi connectivity index (χ1) is 8.70. The Bertz CT molecular complexity index is 347. The van der Waals surface area contributed by atoms with Crippen LogP contribution in [0.2, 0.25) is 0 Å². The molecule has 1 aliphatic rings. The Morgan fingerprint density at radius 1 is 1.11 bits per heavy atom. The van der Waals surface area contributed by atoms with Gasteiger partial charge in [0.1, 0.15) is 5.75 Å². The van der Waals surface area contributed by atoms with E-state index in [0.717, 1.165) is 31.5 Å². The molecule has 0 amide bonds. The van der Waals surface area contributed by atoms with Crippen LogP contribution in [0.25, 0.3) is 0 Å². The third-order valence-corrected chi connectivity index (χ3v) is 2.98. The van der Waals surface area contributed by atoms with Crippen molar-refractivity contribution in [2.24, 2.45) is 0 Å². The molecule has 1 aromatic rings. The van der Waals surface area contributed by atoms with Gasteiger partial charge in [-0.1, -0.05) is 40.7 Å². The molecule has 18 heavy (non-hydrogen) atoms. The minimum atomic E-state index is 0.468. The van der Waals surface area contributed by atoms with Gasteiger partial charge in [0.05, 0.1) is 0 Å². The fourth-order valence-corrected chi connectivity index (χ4v) is 2.07. The Kier molecular flexibility index (Phi) is 8.47. The highest BCUT2D eigenvalue weighted by atomic mass is 16.3. The summed E-state index contributed by atoms with van der Waals surface area (Å²) in [5.41, 5.74) is 3.77. The van der Waals surface area contributed by atoms with Crippen LogP contribution < -0.4 is 0 Å². The van der Waals surface area contributed by atoms with Crippen LogP contribution in [0, 0.1) is 0 Å². The first-order valence-corrected chi connectivity index (χ1v) is 7.23. The Morgan fingerprint density at radius 2 is 1.72 bits per heavy atom. The fourth-order valence-electron chi connectivity index (χ4n) is 2.07. The molecule has 2 nitrogen and oxygen atoms in total.